The zero-order valence-corrected chi connectivity index (χ0v) is 21.0. The molecular formula is C28H33NO7. The van der Waals surface area contributed by atoms with Crippen LogP contribution in [-0.2, 0) is 46.4 Å². The van der Waals surface area contributed by atoms with Crippen LogP contribution in [0.2, 0.25) is 0 Å². The van der Waals surface area contributed by atoms with E-state index in [0.717, 1.165) is 11.1 Å². The molecule has 2 aromatic rings. The monoisotopic (exact) mass is 495 g/mol. The van der Waals surface area contributed by atoms with Crippen LogP contribution in [0.1, 0.15) is 37.3 Å². The number of cyclic esters (lactones) is 1. The zero-order chi connectivity index (χ0) is 26.1. The maximum Gasteiger partial charge on any atom is 0.328 e. The van der Waals surface area contributed by atoms with Crippen molar-refractivity contribution in [1.29, 1.82) is 0 Å². The molecule has 8 nitrogen and oxygen atoms in total. The number of hydrogen-bond donors (Lipinski definition) is 0. The van der Waals surface area contributed by atoms with Gasteiger partial charge in [-0.1, -0.05) is 67.6 Å². The minimum Gasteiger partial charge on any atom is -0.469 e. The Hall–Kier alpha value is -3.52. The number of ketones is 1. The summed E-state index contributed by atoms with van der Waals surface area (Å²) in [5.41, 5.74) is 0.702. The SMILES string of the molecule is COC(=O)[C@H](C)CC(C(=O)CCC1(Cc2ccccc2)C(=O)OCN1C)C(=O)OCc1ccccc1. The van der Waals surface area contributed by atoms with E-state index in [0.29, 0.717) is 6.42 Å². The Morgan fingerprint density at radius 3 is 2.17 bits per heavy atom. The minimum absolute atomic E-state index is 0.0169. The van der Waals surface area contributed by atoms with Crippen LogP contribution < -0.4 is 0 Å². The van der Waals surface area contributed by atoms with Crippen molar-refractivity contribution in [3.05, 3.63) is 71.8 Å². The Kier molecular flexibility index (Phi) is 9.36. The molecular weight excluding hydrogens is 462 g/mol. The lowest BCUT2D eigenvalue weighted by molar-refractivity contribution is -0.155. The van der Waals surface area contributed by atoms with Gasteiger partial charge in [0.25, 0.3) is 0 Å². The fraction of sp³-hybridized carbons (Fsp3) is 0.429. The molecule has 192 valence electrons. The van der Waals surface area contributed by atoms with Crippen molar-refractivity contribution < 1.29 is 33.4 Å². The standard InChI is InChI=1S/C28H33NO7/c1-20(25(31)34-3)16-23(26(32)35-18-22-12-8-5-9-13-22)24(30)14-15-28(27(33)36-19-29(28)2)17-21-10-6-4-7-11-21/h4-13,20,23H,14-19H2,1-3H3/t20-,23?,28?/m1/s1. The van der Waals surface area contributed by atoms with Gasteiger partial charge in [-0.2, -0.15) is 0 Å². The molecule has 2 unspecified atom stereocenters. The van der Waals surface area contributed by atoms with E-state index >= 15 is 0 Å². The van der Waals surface area contributed by atoms with Crippen LogP contribution in [0.5, 0.6) is 0 Å². The van der Waals surface area contributed by atoms with Gasteiger partial charge in [0, 0.05) is 12.8 Å². The normalized spacial score (nSPS) is 19.2. The fourth-order valence-corrected chi connectivity index (χ4v) is 4.43. The van der Waals surface area contributed by atoms with Gasteiger partial charge in [0.1, 0.15) is 30.6 Å². The van der Waals surface area contributed by atoms with Gasteiger partial charge in [-0.25, -0.2) is 4.79 Å². The van der Waals surface area contributed by atoms with Gasteiger partial charge in [0.15, 0.2) is 0 Å². The molecule has 3 atom stereocenters. The second-order valence-electron chi connectivity index (χ2n) is 9.22. The highest BCUT2D eigenvalue weighted by atomic mass is 16.6. The van der Waals surface area contributed by atoms with E-state index in [1.807, 2.05) is 60.7 Å². The van der Waals surface area contributed by atoms with E-state index in [1.54, 1.807) is 18.9 Å². The zero-order valence-electron chi connectivity index (χ0n) is 21.0. The molecule has 1 fully saturated rings. The lowest BCUT2D eigenvalue weighted by atomic mass is 9.82. The average Bonchev–Trinajstić information content (AvgIpc) is 3.17. The Morgan fingerprint density at radius 2 is 1.61 bits per heavy atom. The summed E-state index contributed by atoms with van der Waals surface area (Å²) < 4.78 is 15.5. The molecule has 1 aliphatic rings. The first-order valence-electron chi connectivity index (χ1n) is 12.0. The maximum atomic E-state index is 13.4. The van der Waals surface area contributed by atoms with Crippen molar-refractivity contribution in [1.82, 2.24) is 4.90 Å². The fourth-order valence-electron chi connectivity index (χ4n) is 4.43. The largest absolute Gasteiger partial charge is 0.469 e. The number of esters is 3. The molecule has 36 heavy (non-hydrogen) atoms. The third kappa shape index (κ3) is 6.57. The van der Waals surface area contributed by atoms with E-state index < -0.39 is 35.3 Å². The lowest BCUT2D eigenvalue weighted by Crippen LogP contribution is -2.49. The first-order valence-corrected chi connectivity index (χ1v) is 12.0. The Labute approximate surface area is 211 Å². The van der Waals surface area contributed by atoms with Crippen LogP contribution in [0.3, 0.4) is 0 Å². The van der Waals surface area contributed by atoms with E-state index in [1.165, 1.54) is 7.11 Å². The molecule has 1 aliphatic heterocycles. The first-order chi connectivity index (χ1) is 17.3. The third-order valence-corrected chi connectivity index (χ3v) is 6.71. The molecule has 0 saturated carbocycles. The number of carbonyl (C=O) groups excluding carboxylic acids is 4. The lowest BCUT2D eigenvalue weighted by Gasteiger charge is -2.31. The van der Waals surface area contributed by atoms with Gasteiger partial charge in [-0.15, -0.1) is 0 Å². The highest BCUT2D eigenvalue weighted by Gasteiger charge is 2.49. The molecule has 0 aliphatic carbocycles. The number of benzene rings is 2. The summed E-state index contributed by atoms with van der Waals surface area (Å²) >= 11 is 0. The predicted octanol–water partition coefficient (Wildman–Crippen LogP) is 3.32. The summed E-state index contributed by atoms with van der Waals surface area (Å²) in [6.07, 6.45) is 0.458. The second kappa shape index (κ2) is 12.4. The molecule has 0 aromatic heterocycles. The molecule has 0 amide bonds. The molecule has 1 heterocycles. The van der Waals surface area contributed by atoms with Gasteiger partial charge in [0.2, 0.25) is 0 Å². The number of hydrogen-bond acceptors (Lipinski definition) is 8. The summed E-state index contributed by atoms with van der Waals surface area (Å²) in [4.78, 5) is 53.1. The van der Waals surface area contributed by atoms with Crippen LogP contribution >= 0.6 is 0 Å². The summed E-state index contributed by atoms with van der Waals surface area (Å²) in [7, 11) is 3.04. The summed E-state index contributed by atoms with van der Waals surface area (Å²) in [5, 5.41) is 0. The van der Waals surface area contributed by atoms with Crippen LogP contribution in [0.15, 0.2) is 60.7 Å². The first kappa shape index (κ1) is 27.1. The molecule has 8 heteroatoms. The summed E-state index contributed by atoms with van der Waals surface area (Å²) in [6, 6.07) is 18.7. The van der Waals surface area contributed by atoms with E-state index in [4.69, 9.17) is 14.2 Å². The quantitative estimate of drug-likeness (QED) is 0.251. The number of likely N-dealkylation sites (N-methyl/N-ethyl adjacent to an activating group) is 1. The van der Waals surface area contributed by atoms with Crippen molar-refractivity contribution in [3.8, 4) is 0 Å². The summed E-state index contributed by atoms with van der Waals surface area (Å²) in [6.45, 7) is 1.75. The van der Waals surface area contributed by atoms with Crippen molar-refractivity contribution in [3.63, 3.8) is 0 Å². The molecule has 0 spiro atoms. The smallest absolute Gasteiger partial charge is 0.328 e. The Morgan fingerprint density at radius 1 is 1.00 bits per heavy atom. The number of ether oxygens (including phenoxy) is 3. The van der Waals surface area contributed by atoms with E-state index in [-0.39, 0.29) is 38.4 Å². The van der Waals surface area contributed by atoms with Crippen molar-refractivity contribution in [2.24, 2.45) is 11.8 Å². The van der Waals surface area contributed by atoms with Gasteiger partial charge in [0.05, 0.1) is 13.0 Å². The van der Waals surface area contributed by atoms with Gasteiger partial charge in [-0.3, -0.25) is 19.3 Å². The van der Waals surface area contributed by atoms with Crippen LogP contribution in [0, 0.1) is 11.8 Å². The molecule has 1 saturated heterocycles. The van der Waals surface area contributed by atoms with Crippen molar-refractivity contribution >= 4 is 23.7 Å². The molecule has 0 bridgehead atoms. The molecule has 0 radical (unpaired) electrons. The van der Waals surface area contributed by atoms with Crippen molar-refractivity contribution in [2.45, 2.75) is 44.8 Å². The molecule has 0 N–H and O–H groups in total. The number of rotatable bonds is 12. The van der Waals surface area contributed by atoms with Crippen molar-refractivity contribution in [2.75, 3.05) is 20.9 Å². The topological polar surface area (TPSA) is 99.2 Å². The van der Waals surface area contributed by atoms with Crippen LogP contribution in [-0.4, -0.2) is 55.0 Å². The number of Topliss-reactive ketones (excluding diaryl/α,β-unsaturated/α-hetero) is 1. The van der Waals surface area contributed by atoms with Crippen LogP contribution in [0.25, 0.3) is 0 Å². The van der Waals surface area contributed by atoms with Crippen LogP contribution in [0.4, 0.5) is 0 Å². The number of carbonyl (C=O) groups is 4. The minimum atomic E-state index is -1.15. The molecule has 3 rings (SSSR count). The van der Waals surface area contributed by atoms with E-state index in [9.17, 15) is 19.2 Å². The third-order valence-electron chi connectivity index (χ3n) is 6.71. The van der Waals surface area contributed by atoms with Gasteiger partial charge in [-0.05, 0) is 31.0 Å². The van der Waals surface area contributed by atoms with Gasteiger partial charge >= 0.3 is 17.9 Å². The average molecular weight is 496 g/mol. The van der Waals surface area contributed by atoms with E-state index in [2.05, 4.69) is 0 Å². The van der Waals surface area contributed by atoms with Gasteiger partial charge < -0.3 is 14.2 Å². The molecule has 2 aromatic carbocycles. The number of methoxy groups -OCH3 is 1. The predicted molar refractivity (Wildman–Crippen MR) is 131 cm³/mol. The Bertz CT molecular complexity index is 1060. The second-order valence-corrected chi connectivity index (χ2v) is 9.22. The highest BCUT2D eigenvalue weighted by molar-refractivity contribution is 5.99. The number of nitrogens with zero attached hydrogens (tertiary/aromatic N) is 1. The maximum absolute atomic E-state index is 13.4. The highest BCUT2D eigenvalue weighted by Crippen LogP contribution is 2.33. The summed E-state index contributed by atoms with van der Waals surface area (Å²) in [5.74, 6) is -3.82. The Balaban J connectivity index is 1.75.